The summed E-state index contributed by atoms with van der Waals surface area (Å²) in [5.41, 5.74) is 3.80. The van der Waals surface area contributed by atoms with Gasteiger partial charge in [0.2, 0.25) is 0 Å². The Morgan fingerprint density at radius 1 is 1.11 bits per heavy atom. The molecule has 2 aromatic carbocycles. The second-order valence-corrected chi connectivity index (χ2v) is 4.82. The van der Waals surface area contributed by atoms with Gasteiger partial charge in [-0.3, -0.25) is 0 Å². The fraction of sp³-hybridized carbons (Fsp3) is 0.125. The maximum atomic E-state index is 13.6. The molecule has 3 aromatic rings. The first-order valence-corrected chi connectivity index (χ1v) is 6.36. The maximum Gasteiger partial charge on any atom is 0.170 e. The summed E-state index contributed by atoms with van der Waals surface area (Å²) in [7, 11) is 0. The van der Waals surface area contributed by atoms with Crippen molar-refractivity contribution < 1.29 is 8.81 Å². The highest BCUT2D eigenvalue weighted by Gasteiger charge is 2.14. The smallest absolute Gasteiger partial charge is 0.170 e. The molecule has 0 spiro atoms. The van der Waals surface area contributed by atoms with Crippen molar-refractivity contribution in [2.45, 2.75) is 6.42 Å². The minimum Gasteiger partial charge on any atom is -0.453 e. The number of halogens is 1. The fourth-order valence-electron chi connectivity index (χ4n) is 2.63. The molecule has 0 aliphatic carbocycles. The van der Waals surface area contributed by atoms with Crippen molar-refractivity contribution in [3.05, 3.63) is 53.8 Å². The molecule has 3 heteroatoms. The first-order chi connectivity index (χ1) is 9.31. The highest BCUT2D eigenvalue weighted by molar-refractivity contribution is 5.83. The Kier molecular flexibility index (Phi) is 2.15. The van der Waals surface area contributed by atoms with Crippen LogP contribution in [0.15, 0.2) is 46.9 Å². The highest BCUT2D eigenvalue weighted by Crippen LogP contribution is 2.32. The maximum absolute atomic E-state index is 13.6. The predicted molar refractivity (Wildman–Crippen MR) is 73.8 cm³/mol. The molecule has 0 unspecified atom stereocenters. The van der Waals surface area contributed by atoms with Crippen LogP contribution in [-0.2, 0) is 6.42 Å². The van der Waals surface area contributed by atoms with Crippen molar-refractivity contribution in [1.82, 2.24) is 0 Å². The topological polar surface area (TPSA) is 25.2 Å². The Balaban J connectivity index is 1.88. The zero-order valence-corrected chi connectivity index (χ0v) is 10.2. The van der Waals surface area contributed by atoms with E-state index in [1.807, 2.05) is 18.2 Å². The quantitative estimate of drug-likeness (QED) is 0.702. The Bertz CT molecular complexity index is 776. The van der Waals surface area contributed by atoms with Gasteiger partial charge in [0.25, 0.3) is 0 Å². The molecule has 0 bridgehead atoms. The number of fused-ring (bicyclic) bond motifs is 2. The lowest BCUT2D eigenvalue weighted by Gasteiger charge is -2.01. The van der Waals surface area contributed by atoms with E-state index in [9.17, 15) is 4.39 Å². The first kappa shape index (κ1) is 10.6. The van der Waals surface area contributed by atoms with Crippen LogP contribution in [0.1, 0.15) is 5.56 Å². The largest absolute Gasteiger partial charge is 0.453 e. The molecule has 0 saturated carbocycles. The van der Waals surface area contributed by atoms with E-state index < -0.39 is 0 Å². The SMILES string of the molecule is Fc1cccc2cc(-c3ccc4c(c3)CCN4)oc12. The summed E-state index contributed by atoms with van der Waals surface area (Å²) in [5, 5.41) is 4.12. The lowest BCUT2D eigenvalue weighted by molar-refractivity contribution is 0.569. The lowest BCUT2D eigenvalue weighted by Crippen LogP contribution is -1.90. The standard InChI is InChI=1S/C16H12FNO/c17-13-3-1-2-12-9-15(19-16(12)13)11-4-5-14-10(8-11)6-7-18-14/h1-5,8-9,18H,6-7H2. The molecule has 1 N–H and O–H groups in total. The minimum absolute atomic E-state index is 0.313. The Hall–Kier alpha value is -2.29. The van der Waals surface area contributed by atoms with Gasteiger partial charge >= 0.3 is 0 Å². The lowest BCUT2D eigenvalue weighted by atomic mass is 10.1. The van der Waals surface area contributed by atoms with Gasteiger partial charge in [-0.2, -0.15) is 0 Å². The molecule has 19 heavy (non-hydrogen) atoms. The summed E-state index contributed by atoms with van der Waals surface area (Å²) < 4.78 is 19.3. The number of rotatable bonds is 1. The molecule has 0 fully saturated rings. The fourth-order valence-corrected chi connectivity index (χ4v) is 2.63. The van der Waals surface area contributed by atoms with Crippen LogP contribution in [0, 0.1) is 5.82 Å². The average molecular weight is 253 g/mol. The second-order valence-electron chi connectivity index (χ2n) is 4.82. The normalized spacial score (nSPS) is 13.5. The molecule has 94 valence electrons. The zero-order chi connectivity index (χ0) is 12.8. The van der Waals surface area contributed by atoms with Gasteiger partial charge in [-0.1, -0.05) is 12.1 Å². The van der Waals surface area contributed by atoms with Crippen LogP contribution in [0.4, 0.5) is 10.1 Å². The summed E-state index contributed by atoms with van der Waals surface area (Å²) in [6.45, 7) is 0.980. The Morgan fingerprint density at radius 3 is 2.95 bits per heavy atom. The third-order valence-corrected chi connectivity index (χ3v) is 3.60. The molecule has 1 aliphatic rings. The van der Waals surface area contributed by atoms with Gasteiger partial charge in [-0.25, -0.2) is 4.39 Å². The molecular weight excluding hydrogens is 241 g/mol. The number of anilines is 1. The van der Waals surface area contributed by atoms with Crippen molar-refractivity contribution in [2.24, 2.45) is 0 Å². The van der Waals surface area contributed by atoms with Gasteiger partial charge in [0.05, 0.1) is 0 Å². The number of benzene rings is 2. The van der Waals surface area contributed by atoms with E-state index >= 15 is 0 Å². The molecule has 4 rings (SSSR count). The summed E-state index contributed by atoms with van der Waals surface area (Å²) in [5.74, 6) is 0.404. The summed E-state index contributed by atoms with van der Waals surface area (Å²) in [6, 6.07) is 13.0. The van der Waals surface area contributed by atoms with Crippen LogP contribution in [0.3, 0.4) is 0 Å². The Morgan fingerprint density at radius 2 is 2.05 bits per heavy atom. The molecular formula is C16H12FNO. The molecule has 1 aliphatic heterocycles. The van der Waals surface area contributed by atoms with Gasteiger partial charge < -0.3 is 9.73 Å². The molecule has 0 atom stereocenters. The average Bonchev–Trinajstić information content (AvgIpc) is 3.04. The van der Waals surface area contributed by atoms with Crippen molar-refractivity contribution in [1.29, 1.82) is 0 Å². The zero-order valence-electron chi connectivity index (χ0n) is 10.2. The predicted octanol–water partition coefficient (Wildman–Crippen LogP) is 4.21. The van der Waals surface area contributed by atoms with Crippen molar-refractivity contribution in [3.8, 4) is 11.3 Å². The number of furan rings is 1. The molecule has 2 nitrogen and oxygen atoms in total. The van der Waals surface area contributed by atoms with E-state index in [0.717, 1.165) is 29.7 Å². The van der Waals surface area contributed by atoms with Crippen molar-refractivity contribution in [2.75, 3.05) is 11.9 Å². The molecule has 0 saturated heterocycles. The van der Waals surface area contributed by atoms with E-state index in [2.05, 4.69) is 17.4 Å². The van der Waals surface area contributed by atoms with Crippen molar-refractivity contribution >= 4 is 16.7 Å². The van der Waals surface area contributed by atoms with Crippen LogP contribution in [-0.4, -0.2) is 6.54 Å². The van der Waals surface area contributed by atoms with Gasteiger partial charge in [0.1, 0.15) is 5.76 Å². The van der Waals surface area contributed by atoms with Gasteiger partial charge in [0.15, 0.2) is 11.4 Å². The molecule has 0 radical (unpaired) electrons. The highest BCUT2D eigenvalue weighted by atomic mass is 19.1. The van der Waals surface area contributed by atoms with Crippen molar-refractivity contribution in [3.63, 3.8) is 0 Å². The Labute approximate surface area is 109 Å². The van der Waals surface area contributed by atoms with E-state index in [4.69, 9.17) is 4.42 Å². The third-order valence-electron chi connectivity index (χ3n) is 3.60. The number of para-hydroxylation sites is 1. The third kappa shape index (κ3) is 1.62. The molecule has 0 amide bonds. The van der Waals surface area contributed by atoms with Crippen LogP contribution in [0.25, 0.3) is 22.3 Å². The molecule has 2 heterocycles. The summed E-state index contributed by atoms with van der Waals surface area (Å²) in [4.78, 5) is 0. The first-order valence-electron chi connectivity index (χ1n) is 6.36. The number of hydrogen-bond acceptors (Lipinski definition) is 2. The minimum atomic E-state index is -0.313. The van der Waals surface area contributed by atoms with Gasteiger partial charge in [-0.15, -0.1) is 0 Å². The van der Waals surface area contributed by atoms with E-state index in [1.54, 1.807) is 6.07 Å². The summed E-state index contributed by atoms with van der Waals surface area (Å²) >= 11 is 0. The van der Waals surface area contributed by atoms with E-state index in [0.29, 0.717) is 5.58 Å². The van der Waals surface area contributed by atoms with Crippen LogP contribution < -0.4 is 5.32 Å². The molecule has 1 aromatic heterocycles. The number of hydrogen-bond donors (Lipinski definition) is 1. The van der Waals surface area contributed by atoms with Crippen LogP contribution >= 0.6 is 0 Å². The van der Waals surface area contributed by atoms with Crippen LogP contribution in [0.2, 0.25) is 0 Å². The number of nitrogens with one attached hydrogen (secondary N) is 1. The van der Waals surface area contributed by atoms with Gasteiger partial charge in [-0.05, 0) is 42.3 Å². The monoisotopic (exact) mass is 253 g/mol. The van der Waals surface area contributed by atoms with Gasteiger partial charge in [0, 0.05) is 23.2 Å². The summed E-state index contributed by atoms with van der Waals surface area (Å²) in [6.07, 6.45) is 1.03. The second kappa shape index (κ2) is 3.85. The van der Waals surface area contributed by atoms with E-state index in [-0.39, 0.29) is 5.82 Å². The van der Waals surface area contributed by atoms with E-state index in [1.165, 1.54) is 17.3 Å². The van der Waals surface area contributed by atoms with Crippen LogP contribution in [0.5, 0.6) is 0 Å².